The molecule has 7 heteroatoms. The maximum atomic E-state index is 12.9. The highest BCUT2D eigenvalue weighted by Gasteiger charge is 2.36. The highest BCUT2D eigenvalue weighted by molar-refractivity contribution is 5.97. The summed E-state index contributed by atoms with van der Waals surface area (Å²) in [7, 11) is 3.16. The first kappa shape index (κ1) is 19.8. The van der Waals surface area contributed by atoms with E-state index < -0.39 is 6.04 Å². The molecule has 2 amide bonds. The van der Waals surface area contributed by atoms with Crippen molar-refractivity contribution in [1.29, 1.82) is 0 Å². The molecule has 0 fully saturated rings. The number of carbonyl (C=O) groups excluding carboxylic acids is 2. The van der Waals surface area contributed by atoms with Gasteiger partial charge in [0.1, 0.15) is 11.7 Å². The van der Waals surface area contributed by atoms with E-state index in [-0.39, 0.29) is 17.7 Å². The number of amides is 2. The van der Waals surface area contributed by atoms with Gasteiger partial charge in [0.2, 0.25) is 5.91 Å². The smallest absolute Gasteiger partial charge is 0.271 e. The van der Waals surface area contributed by atoms with E-state index in [2.05, 4.69) is 5.32 Å². The number of nitrogens with one attached hydrogen (secondary N) is 1. The van der Waals surface area contributed by atoms with Gasteiger partial charge >= 0.3 is 0 Å². The van der Waals surface area contributed by atoms with Gasteiger partial charge in [-0.15, -0.1) is 0 Å². The summed E-state index contributed by atoms with van der Waals surface area (Å²) in [6, 6.07) is 8.62. The number of hydrogen-bond acceptors (Lipinski definition) is 4. The molecule has 28 heavy (non-hydrogen) atoms. The van der Waals surface area contributed by atoms with Gasteiger partial charge in [-0.3, -0.25) is 9.59 Å². The second-order valence-corrected chi connectivity index (χ2v) is 7.32. The van der Waals surface area contributed by atoms with Gasteiger partial charge < -0.3 is 24.3 Å². The van der Waals surface area contributed by atoms with Crippen molar-refractivity contribution in [2.75, 3.05) is 20.8 Å². The lowest BCUT2D eigenvalue weighted by Gasteiger charge is -2.36. The third-order valence-electron chi connectivity index (χ3n) is 4.83. The van der Waals surface area contributed by atoms with Crippen LogP contribution in [0.5, 0.6) is 11.5 Å². The van der Waals surface area contributed by atoms with Gasteiger partial charge in [-0.25, -0.2) is 0 Å². The van der Waals surface area contributed by atoms with Gasteiger partial charge in [0.15, 0.2) is 11.5 Å². The van der Waals surface area contributed by atoms with Gasteiger partial charge in [0.25, 0.3) is 5.91 Å². The summed E-state index contributed by atoms with van der Waals surface area (Å²) in [4.78, 5) is 27.5. The maximum Gasteiger partial charge on any atom is 0.271 e. The molecule has 1 aromatic heterocycles. The van der Waals surface area contributed by atoms with E-state index in [0.29, 0.717) is 36.8 Å². The van der Waals surface area contributed by atoms with Crippen LogP contribution in [-0.2, 0) is 17.9 Å². The van der Waals surface area contributed by atoms with Crippen molar-refractivity contribution in [2.24, 2.45) is 5.92 Å². The fourth-order valence-corrected chi connectivity index (χ4v) is 3.47. The number of nitrogens with zero attached hydrogens (tertiary/aromatic N) is 2. The van der Waals surface area contributed by atoms with Crippen LogP contribution in [0, 0.1) is 5.92 Å². The van der Waals surface area contributed by atoms with Crippen molar-refractivity contribution in [3.63, 3.8) is 0 Å². The molecule has 0 radical (unpaired) electrons. The second kappa shape index (κ2) is 8.37. The Morgan fingerprint density at radius 1 is 1.21 bits per heavy atom. The van der Waals surface area contributed by atoms with Crippen molar-refractivity contribution in [2.45, 2.75) is 33.0 Å². The van der Waals surface area contributed by atoms with Gasteiger partial charge in [0.05, 0.1) is 20.8 Å². The lowest BCUT2D eigenvalue weighted by Crippen LogP contribution is -2.55. The molecule has 0 bridgehead atoms. The van der Waals surface area contributed by atoms with Crippen LogP contribution in [0.4, 0.5) is 0 Å². The number of benzene rings is 1. The molecule has 1 unspecified atom stereocenters. The Morgan fingerprint density at radius 3 is 2.64 bits per heavy atom. The van der Waals surface area contributed by atoms with Crippen molar-refractivity contribution in [1.82, 2.24) is 14.8 Å². The molecule has 0 saturated heterocycles. The molecule has 0 spiro atoms. The minimum atomic E-state index is -0.532. The number of ether oxygens (including phenoxy) is 2. The number of methoxy groups -OCH3 is 2. The molecular formula is C21H27N3O4. The molecule has 2 heterocycles. The first-order valence-corrected chi connectivity index (χ1v) is 9.39. The lowest BCUT2D eigenvalue weighted by molar-refractivity contribution is -0.126. The van der Waals surface area contributed by atoms with Crippen LogP contribution in [0.1, 0.15) is 29.9 Å². The SMILES string of the molecule is COc1ccc(CNC(=O)C2Cn3cccc3C(=O)N2CC(C)C)cc1OC. The predicted molar refractivity (Wildman–Crippen MR) is 105 cm³/mol. The molecule has 1 aromatic carbocycles. The van der Waals surface area contributed by atoms with E-state index in [1.807, 2.05) is 48.9 Å². The molecule has 2 aromatic rings. The largest absolute Gasteiger partial charge is 0.493 e. The van der Waals surface area contributed by atoms with Crippen LogP contribution < -0.4 is 14.8 Å². The zero-order valence-electron chi connectivity index (χ0n) is 16.8. The summed E-state index contributed by atoms with van der Waals surface area (Å²) in [5, 5.41) is 2.96. The average molecular weight is 385 g/mol. The van der Waals surface area contributed by atoms with Crippen LogP contribution in [0.25, 0.3) is 0 Å². The molecule has 7 nitrogen and oxygen atoms in total. The molecule has 0 aliphatic carbocycles. The fraction of sp³-hybridized carbons (Fsp3) is 0.429. The molecule has 3 rings (SSSR count). The molecule has 1 atom stereocenters. The number of rotatable bonds is 7. The van der Waals surface area contributed by atoms with Crippen LogP contribution >= 0.6 is 0 Å². The van der Waals surface area contributed by atoms with Crippen LogP contribution in [0.15, 0.2) is 36.5 Å². The Hall–Kier alpha value is -2.96. The third-order valence-corrected chi connectivity index (χ3v) is 4.83. The minimum absolute atomic E-state index is 0.101. The summed E-state index contributed by atoms with van der Waals surface area (Å²) in [6.07, 6.45) is 1.84. The number of fused-ring (bicyclic) bond motifs is 1. The summed E-state index contributed by atoms with van der Waals surface area (Å²) >= 11 is 0. The summed E-state index contributed by atoms with van der Waals surface area (Å²) in [5.41, 5.74) is 1.52. The molecule has 150 valence electrons. The van der Waals surface area contributed by atoms with Crippen LogP contribution in [-0.4, -0.2) is 48.1 Å². The van der Waals surface area contributed by atoms with E-state index >= 15 is 0 Å². The Labute approximate surface area is 165 Å². The normalized spacial score (nSPS) is 16.1. The highest BCUT2D eigenvalue weighted by Crippen LogP contribution is 2.27. The minimum Gasteiger partial charge on any atom is -0.493 e. The van der Waals surface area contributed by atoms with E-state index in [1.54, 1.807) is 25.2 Å². The molecular weight excluding hydrogens is 358 g/mol. The van der Waals surface area contributed by atoms with Crippen molar-refractivity contribution >= 4 is 11.8 Å². The van der Waals surface area contributed by atoms with Gasteiger partial charge in [0, 0.05) is 19.3 Å². The second-order valence-electron chi connectivity index (χ2n) is 7.32. The van der Waals surface area contributed by atoms with E-state index in [0.717, 1.165) is 5.56 Å². The van der Waals surface area contributed by atoms with Gasteiger partial charge in [-0.2, -0.15) is 0 Å². The molecule has 1 N–H and O–H groups in total. The first-order chi connectivity index (χ1) is 13.4. The number of carbonyl (C=O) groups is 2. The topological polar surface area (TPSA) is 72.8 Å². The highest BCUT2D eigenvalue weighted by atomic mass is 16.5. The first-order valence-electron chi connectivity index (χ1n) is 9.39. The molecule has 0 saturated carbocycles. The quantitative estimate of drug-likeness (QED) is 0.794. The summed E-state index contributed by atoms with van der Waals surface area (Å²) in [6.45, 7) is 5.42. The van der Waals surface area contributed by atoms with Crippen molar-refractivity contribution < 1.29 is 19.1 Å². The third kappa shape index (κ3) is 3.98. The lowest BCUT2D eigenvalue weighted by atomic mass is 10.1. The zero-order valence-corrected chi connectivity index (χ0v) is 16.8. The predicted octanol–water partition coefficient (Wildman–Crippen LogP) is 2.30. The maximum absolute atomic E-state index is 12.9. The Bertz CT molecular complexity index is 859. The van der Waals surface area contributed by atoms with Gasteiger partial charge in [-0.05, 0) is 35.7 Å². The summed E-state index contributed by atoms with van der Waals surface area (Å²) < 4.78 is 12.4. The van der Waals surface area contributed by atoms with E-state index in [9.17, 15) is 9.59 Å². The molecule has 1 aliphatic rings. The monoisotopic (exact) mass is 385 g/mol. The average Bonchev–Trinajstić information content (AvgIpc) is 3.16. The Balaban J connectivity index is 1.74. The zero-order chi connectivity index (χ0) is 20.3. The Morgan fingerprint density at radius 2 is 1.96 bits per heavy atom. The van der Waals surface area contributed by atoms with E-state index in [1.165, 1.54) is 0 Å². The van der Waals surface area contributed by atoms with Gasteiger partial charge in [-0.1, -0.05) is 19.9 Å². The fourth-order valence-electron chi connectivity index (χ4n) is 3.47. The number of aromatic nitrogens is 1. The van der Waals surface area contributed by atoms with Crippen molar-refractivity contribution in [3.05, 3.63) is 47.8 Å². The molecule has 1 aliphatic heterocycles. The Kier molecular flexibility index (Phi) is 5.92. The standard InChI is InChI=1S/C21H27N3O4/c1-14(2)12-24-17(13-23-9-5-6-16(23)21(24)26)20(25)22-11-15-7-8-18(27-3)19(10-15)28-4/h5-10,14,17H,11-13H2,1-4H3,(H,22,25). The van der Waals surface area contributed by atoms with Crippen LogP contribution in [0.2, 0.25) is 0 Å². The number of hydrogen-bond donors (Lipinski definition) is 1. The van der Waals surface area contributed by atoms with Crippen molar-refractivity contribution in [3.8, 4) is 11.5 Å². The summed E-state index contributed by atoms with van der Waals surface area (Å²) in [5.74, 6) is 1.25. The van der Waals surface area contributed by atoms with E-state index in [4.69, 9.17) is 9.47 Å². The van der Waals surface area contributed by atoms with Crippen LogP contribution in [0.3, 0.4) is 0 Å².